The lowest BCUT2D eigenvalue weighted by Crippen LogP contribution is -2.23. The molecular weight excluding hydrogens is 316 g/mol. The summed E-state index contributed by atoms with van der Waals surface area (Å²) in [5, 5.41) is 2.94. The molecule has 0 aliphatic rings. The van der Waals surface area contributed by atoms with E-state index < -0.39 is 11.5 Å². The number of hydrogen-bond donors (Lipinski definition) is 3. The summed E-state index contributed by atoms with van der Waals surface area (Å²) in [5.41, 5.74) is 5.65. The molecule has 0 spiro atoms. The summed E-state index contributed by atoms with van der Waals surface area (Å²) >= 11 is 1.40. The van der Waals surface area contributed by atoms with Crippen molar-refractivity contribution in [1.82, 2.24) is 9.97 Å². The van der Waals surface area contributed by atoms with Crippen molar-refractivity contribution in [3.05, 3.63) is 40.2 Å². The molecule has 0 aliphatic carbocycles. The molecule has 0 saturated carbocycles. The molecule has 122 valence electrons. The van der Waals surface area contributed by atoms with E-state index in [2.05, 4.69) is 15.3 Å². The molecular formula is C15H18N4O3S. The molecule has 0 radical (unpaired) electrons. The highest BCUT2D eigenvalue weighted by Crippen LogP contribution is 2.18. The number of H-pyrrole nitrogens is 1. The van der Waals surface area contributed by atoms with Gasteiger partial charge in [0.2, 0.25) is 0 Å². The van der Waals surface area contributed by atoms with Crippen molar-refractivity contribution < 1.29 is 9.53 Å². The van der Waals surface area contributed by atoms with E-state index in [1.54, 1.807) is 31.4 Å². The Balaban J connectivity index is 2.18. The van der Waals surface area contributed by atoms with E-state index in [4.69, 9.17) is 10.5 Å². The molecule has 1 aromatic carbocycles. The van der Waals surface area contributed by atoms with Crippen molar-refractivity contribution in [3.8, 4) is 5.75 Å². The van der Waals surface area contributed by atoms with Crippen LogP contribution in [0.4, 0.5) is 11.5 Å². The van der Waals surface area contributed by atoms with Crippen LogP contribution in [0.1, 0.15) is 23.7 Å². The topological polar surface area (TPSA) is 110 Å². The van der Waals surface area contributed by atoms with Crippen LogP contribution in [0.25, 0.3) is 0 Å². The summed E-state index contributed by atoms with van der Waals surface area (Å²) in [4.78, 5) is 31.0. The molecule has 0 unspecified atom stereocenters. The van der Waals surface area contributed by atoms with Crippen LogP contribution in [0.15, 0.2) is 34.2 Å². The van der Waals surface area contributed by atoms with Gasteiger partial charge >= 0.3 is 0 Å². The van der Waals surface area contributed by atoms with Gasteiger partial charge in [0.05, 0.1) is 7.11 Å². The van der Waals surface area contributed by atoms with Crippen LogP contribution in [0, 0.1) is 0 Å². The molecule has 2 aromatic rings. The standard InChI is InChI=1S/C15H18N4O3S/c1-3-8-23-15-18-12(16)11(14(21)19-15)17-13(20)9-4-6-10(22-2)7-5-9/h4-7H,3,8H2,1-2H3,(H,17,20)(H3,16,18,19,21). The molecule has 0 bridgehead atoms. The first-order chi connectivity index (χ1) is 11.0. The summed E-state index contributed by atoms with van der Waals surface area (Å²) < 4.78 is 5.03. The Morgan fingerprint density at radius 3 is 2.65 bits per heavy atom. The Kier molecular flexibility index (Phi) is 5.64. The summed E-state index contributed by atoms with van der Waals surface area (Å²) in [5.74, 6) is 1.01. The Bertz CT molecular complexity index is 743. The van der Waals surface area contributed by atoms with Crippen molar-refractivity contribution in [2.45, 2.75) is 18.5 Å². The van der Waals surface area contributed by atoms with Gasteiger partial charge in [-0.25, -0.2) is 4.98 Å². The molecule has 4 N–H and O–H groups in total. The maximum absolute atomic E-state index is 12.2. The number of hydrogen-bond acceptors (Lipinski definition) is 6. The van der Waals surface area contributed by atoms with Crippen LogP contribution in [0.3, 0.4) is 0 Å². The van der Waals surface area contributed by atoms with Gasteiger partial charge in [0.1, 0.15) is 11.4 Å². The Morgan fingerprint density at radius 1 is 1.39 bits per heavy atom. The monoisotopic (exact) mass is 334 g/mol. The molecule has 8 heteroatoms. The van der Waals surface area contributed by atoms with Gasteiger partial charge in [-0.05, 0) is 30.7 Å². The molecule has 1 amide bonds. The van der Waals surface area contributed by atoms with Crippen LogP contribution >= 0.6 is 11.8 Å². The zero-order chi connectivity index (χ0) is 16.8. The highest BCUT2D eigenvalue weighted by molar-refractivity contribution is 7.99. The van der Waals surface area contributed by atoms with Crippen LogP contribution in [-0.2, 0) is 0 Å². The molecule has 1 aromatic heterocycles. The SMILES string of the molecule is CCCSc1nc(N)c(NC(=O)c2ccc(OC)cc2)c(=O)[nH]1. The van der Waals surface area contributed by atoms with Crippen LogP contribution in [0.5, 0.6) is 5.75 Å². The number of thioether (sulfide) groups is 1. The maximum Gasteiger partial charge on any atom is 0.277 e. The molecule has 0 aliphatic heterocycles. The number of benzene rings is 1. The fourth-order valence-electron chi connectivity index (χ4n) is 1.79. The molecule has 1 heterocycles. The van der Waals surface area contributed by atoms with Crippen LogP contribution in [-0.4, -0.2) is 28.7 Å². The largest absolute Gasteiger partial charge is 0.497 e. The first-order valence-electron chi connectivity index (χ1n) is 7.03. The minimum absolute atomic E-state index is 0.00536. The average molecular weight is 334 g/mol. The third-order valence-electron chi connectivity index (χ3n) is 2.96. The minimum atomic E-state index is -0.474. The summed E-state index contributed by atoms with van der Waals surface area (Å²) in [7, 11) is 1.54. The van der Waals surface area contributed by atoms with Crippen LogP contribution < -0.4 is 21.3 Å². The summed E-state index contributed by atoms with van der Waals surface area (Å²) in [6.07, 6.45) is 0.949. The van der Waals surface area contributed by atoms with Crippen molar-refractivity contribution in [1.29, 1.82) is 0 Å². The van der Waals surface area contributed by atoms with Gasteiger partial charge in [0, 0.05) is 11.3 Å². The van der Waals surface area contributed by atoms with E-state index in [1.165, 1.54) is 11.8 Å². The quantitative estimate of drug-likeness (QED) is 0.551. The van der Waals surface area contributed by atoms with Crippen molar-refractivity contribution >= 4 is 29.2 Å². The van der Waals surface area contributed by atoms with Gasteiger partial charge in [0.25, 0.3) is 11.5 Å². The number of nitrogens with zero attached hydrogens (tertiary/aromatic N) is 1. The van der Waals surface area contributed by atoms with Crippen LogP contribution in [0.2, 0.25) is 0 Å². The van der Waals surface area contributed by atoms with Crippen molar-refractivity contribution in [2.75, 3.05) is 23.9 Å². The highest BCUT2D eigenvalue weighted by atomic mass is 32.2. The second-order valence-corrected chi connectivity index (χ2v) is 5.75. The Labute approximate surface area is 137 Å². The fourth-order valence-corrected chi connectivity index (χ4v) is 2.51. The van der Waals surface area contributed by atoms with Gasteiger partial charge < -0.3 is 15.8 Å². The smallest absolute Gasteiger partial charge is 0.277 e. The molecule has 0 atom stereocenters. The number of carbonyl (C=O) groups is 1. The number of aromatic amines is 1. The average Bonchev–Trinajstić information content (AvgIpc) is 2.56. The summed E-state index contributed by atoms with van der Waals surface area (Å²) in [6.45, 7) is 2.03. The lowest BCUT2D eigenvalue weighted by Gasteiger charge is -2.08. The van der Waals surface area contributed by atoms with E-state index in [-0.39, 0.29) is 11.5 Å². The predicted octanol–water partition coefficient (Wildman–Crippen LogP) is 2.12. The first-order valence-corrected chi connectivity index (χ1v) is 8.01. The van der Waals surface area contributed by atoms with Gasteiger partial charge in [0.15, 0.2) is 11.0 Å². The number of amides is 1. The predicted molar refractivity (Wildman–Crippen MR) is 91.2 cm³/mol. The maximum atomic E-state index is 12.2. The van der Waals surface area contributed by atoms with Gasteiger partial charge in [-0.1, -0.05) is 18.7 Å². The lowest BCUT2D eigenvalue weighted by atomic mass is 10.2. The van der Waals surface area contributed by atoms with E-state index in [0.717, 1.165) is 12.2 Å². The third-order valence-corrected chi connectivity index (χ3v) is 4.04. The molecule has 0 fully saturated rings. The number of nitrogens with one attached hydrogen (secondary N) is 2. The number of nitrogen functional groups attached to an aromatic ring is 1. The van der Waals surface area contributed by atoms with Crippen molar-refractivity contribution in [2.24, 2.45) is 0 Å². The van der Waals surface area contributed by atoms with Gasteiger partial charge in [-0.2, -0.15) is 0 Å². The number of ether oxygens (including phenoxy) is 1. The minimum Gasteiger partial charge on any atom is -0.497 e. The second-order valence-electron chi connectivity index (χ2n) is 4.66. The van der Waals surface area contributed by atoms with E-state index in [0.29, 0.717) is 16.5 Å². The number of nitrogens with two attached hydrogens (primary N) is 1. The third kappa shape index (κ3) is 4.26. The highest BCUT2D eigenvalue weighted by Gasteiger charge is 2.14. The normalized spacial score (nSPS) is 10.3. The van der Waals surface area contributed by atoms with Gasteiger partial charge in [-0.15, -0.1) is 0 Å². The molecule has 2 rings (SSSR count). The Hall–Kier alpha value is -2.48. The summed E-state index contributed by atoms with van der Waals surface area (Å²) in [6, 6.07) is 6.51. The number of methoxy groups -OCH3 is 1. The molecule has 23 heavy (non-hydrogen) atoms. The first kappa shape index (κ1) is 16.9. The van der Waals surface area contributed by atoms with E-state index in [9.17, 15) is 9.59 Å². The van der Waals surface area contributed by atoms with E-state index in [1.807, 2.05) is 6.92 Å². The number of aromatic nitrogens is 2. The Morgan fingerprint density at radius 2 is 2.09 bits per heavy atom. The zero-order valence-corrected chi connectivity index (χ0v) is 13.7. The number of rotatable bonds is 6. The number of anilines is 2. The second kappa shape index (κ2) is 7.68. The zero-order valence-electron chi connectivity index (χ0n) is 12.9. The van der Waals surface area contributed by atoms with Gasteiger partial charge in [-0.3, -0.25) is 14.6 Å². The molecule has 7 nitrogen and oxygen atoms in total. The lowest BCUT2D eigenvalue weighted by molar-refractivity contribution is 0.102. The molecule has 0 saturated heterocycles. The fraction of sp³-hybridized carbons (Fsp3) is 0.267. The van der Waals surface area contributed by atoms with E-state index >= 15 is 0 Å². The number of carbonyl (C=O) groups excluding carboxylic acids is 1. The van der Waals surface area contributed by atoms with Crippen molar-refractivity contribution in [3.63, 3.8) is 0 Å².